The fourth-order valence-corrected chi connectivity index (χ4v) is 2.98. The number of hydrogen-bond donors (Lipinski definition) is 1. The van der Waals surface area contributed by atoms with Gasteiger partial charge in [0, 0.05) is 25.0 Å². The Kier molecular flexibility index (Phi) is 3.61. The van der Waals surface area contributed by atoms with Crippen LogP contribution in [0.25, 0.3) is 0 Å². The van der Waals surface area contributed by atoms with Gasteiger partial charge in [-0.2, -0.15) is 4.98 Å². The van der Waals surface area contributed by atoms with Crippen LogP contribution in [0.3, 0.4) is 0 Å². The smallest absolute Gasteiger partial charge is 0.229 e. The van der Waals surface area contributed by atoms with Gasteiger partial charge >= 0.3 is 0 Å². The molecule has 0 radical (unpaired) electrons. The van der Waals surface area contributed by atoms with Crippen LogP contribution in [-0.2, 0) is 11.2 Å². The molecule has 0 spiro atoms. The molecular weight excluding hydrogens is 230 g/mol. The second-order valence-corrected chi connectivity index (χ2v) is 5.51. The highest BCUT2D eigenvalue weighted by molar-refractivity contribution is 4.98. The van der Waals surface area contributed by atoms with Gasteiger partial charge < -0.3 is 15.0 Å². The number of nitrogens with two attached hydrogens (primary N) is 1. The average Bonchev–Trinajstić information content (AvgIpc) is 3.01. The Balaban J connectivity index is 1.61. The van der Waals surface area contributed by atoms with E-state index in [-0.39, 0.29) is 12.1 Å². The largest absolute Gasteiger partial charge is 0.378 e. The first-order chi connectivity index (χ1) is 8.81. The van der Waals surface area contributed by atoms with E-state index in [1.54, 1.807) is 0 Å². The lowest BCUT2D eigenvalue weighted by molar-refractivity contribution is 0.109. The summed E-state index contributed by atoms with van der Waals surface area (Å²) in [5.74, 6) is 1.92. The van der Waals surface area contributed by atoms with Crippen LogP contribution in [0.5, 0.6) is 0 Å². The zero-order valence-electron chi connectivity index (χ0n) is 10.7. The number of rotatable bonds is 3. The van der Waals surface area contributed by atoms with Crippen molar-refractivity contribution in [3.8, 4) is 0 Å². The number of ether oxygens (including phenoxy) is 1. The maximum absolute atomic E-state index is 5.99. The predicted octanol–water partition coefficient (Wildman–Crippen LogP) is 1.78. The molecule has 1 aliphatic heterocycles. The Morgan fingerprint density at radius 3 is 2.94 bits per heavy atom. The van der Waals surface area contributed by atoms with Crippen LogP contribution in [-0.4, -0.2) is 28.9 Å². The first kappa shape index (κ1) is 12.1. The molecule has 1 aliphatic carbocycles. The van der Waals surface area contributed by atoms with Gasteiger partial charge in [0.1, 0.15) is 0 Å². The molecule has 0 aromatic carbocycles. The van der Waals surface area contributed by atoms with Gasteiger partial charge in [0.2, 0.25) is 5.89 Å². The van der Waals surface area contributed by atoms with Gasteiger partial charge in [0.25, 0.3) is 0 Å². The lowest BCUT2D eigenvalue weighted by Crippen LogP contribution is -2.27. The van der Waals surface area contributed by atoms with E-state index in [1.165, 1.54) is 0 Å². The Morgan fingerprint density at radius 1 is 1.22 bits per heavy atom. The van der Waals surface area contributed by atoms with Crippen molar-refractivity contribution in [3.05, 3.63) is 11.7 Å². The lowest BCUT2D eigenvalue weighted by atomic mass is 9.86. The summed E-state index contributed by atoms with van der Waals surface area (Å²) in [5.41, 5.74) is 5.99. The van der Waals surface area contributed by atoms with Gasteiger partial charge in [-0.3, -0.25) is 0 Å². The molecule has 2 fully saturated rings. The van der Waals surface area contributed by atoms with Crippen LogP contribution in [0.15, 0.2) is 4.52 Å². The normalized spacial score (nSPS) is 32.8. The Morgan fingerprint density at radius 2 is 2.17 bits per heavy atom. The highest BCUT2D eigenvalue weighted by Crippen LogP contribution is 2.31. The van der Waals surface area contributed by atoms with Crippen LogP contribution < -0.4 is 5.73 Å². The SMILES string of the molecule is NC1CCCC(c2nc(CC3CCCO3)no2)C1. The molecule has 5 nitrogen and oxygen atoms in total. The number of nitrogens with zero attached hydrogens (tertiary/aromatic N) is 2. The molecule has 3 atom stereocenters. The van der Waals surface area contributed by atoms with E-state index < -0.39 is 0 Å². The topological polar surface area (TPSA) is 74.2 Å². The fraction of sp³-hybridized carbons (Fsp3) is 0.846. The third-order valence-corrected chi connectivity index (χ3v) is 3.98. The monoisotopic (exact) mass is 251 g/mol. The van der Waals surface area contributed by atoms with E-state index in [2.05, 4.69) is 10.1 Å². The van der Waals surface area contributed by atoms with Crippen molar-refractivity contribution in [2.24, 2.45) is 5.73 Å². The summed E-state index contributed by atoms with van der Waals surface area (Å²) in [7, 11) is 0. The molecule has 2 aliphatic rings. The van der Waals surface area contributed by atoms with Crippen molar-refractivity contribution < 1.29 is 9.26 Å². The maximum atomic E-state index is 5.99. The van der Waals surface area contributed by atoms with Crippen molar-refractivity contribution >= 4 is 0 Å². The van der Waals surface area contributed by atoms with E-state index in [0.29, 0.717) is 5.92 Å². The summed E-state index contributed by atoms with van der Waals surface area (Å²) >= 11 is 0. The van der Waals surface area contributed by atoms with Gasteiger partial charge in [0.15, 0.2) is 5.82 Å². The van der Waals surface area contributed by atoms with E-state index in [1.807, 2.05) is 0 Å². The fourth-order valence-electron chi connectivity index (χ4n) is 2.98. The van der Waals surface area contributed by atoms with Crippen LogP contribution in [0, 0.1) is 0 Å². The zero-order valence-corrected chi connectivity index (χ0v) is 10.7. The first-order valence-electron chi connectivity index (χ1n) is 7.01. The molecular formula is C13H21N3O2. The third kappa shape index (κ3) is 2.72. The standard InChI is InChI=1S/C13H21N3O2/c14-10-4-1-3-9(7-10)13-15-12(16-18-13)8-11-5-2-6-17-11/h9-11H,1-8,14H2. The Hall–Kier alpha value is -0.940. The Labute approximate surface area is 107 Å². The third-order valence-electron chi connectivity index (χ3n) is 3.98. The molecule has 5 heteroatoms. The van der Waals surface area contributed by atoms with Crippen molar-refractivity contribution in [2.75, 3.05) is 6.61 Å². The zero-order chi connectivity index (χ0) is 12.4. The molecule has 1 aromatic rings. The molecule has 1 saturated heterocycles. The molecule has 1 saturated carbocycles. The lowest BCUT2D eigenvalue weighted by Gasteiger charge is -2.23. The summed E-state index contributed by atoms with van der Waals surface area (Å²) in [4.78, 5) is 4.52. The van der Waals surface area contributed by atoms with E-state index >= 15 is 0 Å². The number of aromatic nitrogens is 2. The summed E-state index contributed by atoms with van der Waals surface area (Å²) in [5, 5.41) is 4.07. The predicted molar refractivity (Wildman–Crippen MR) is 66.2 cm³/mol. The molecule has 100 valence electrons. The summed E-state index contributed by atoms with van der Waals surface area (Å²) < 4.78 is 11.0. The van der Waals surface area contributed by atoms with Crippen molar-refractivity contribution in [1.29, 1.82) is 0 Å². The van der Waals surface area contributed by atoms with E-state index in [0.717, 1.165) is 63.3 Å². The van der Waals surface area contributed by atoms with Gasteiger partial charge in [-0.25, -0.2) is 0 Å². The van der Waals surface area contributed by atoms with Crippen LogP contribution in [0.1, 0.15) is 56.2 Å². The van der Waals surface area contributed by atoms with Crippen molar-refractivity contribution in [1.82, 2.24) is 10.1 Å². The summed E-state index contributed by atoms with van der Waals surface area (Å²) in [6, 6.07) is 0.289. The quantitative estimate of drug-likeness (QED) is 0.886. The van der Waals surface area contributed by atoms with Crippen LogP contribution in [0.4, 0.5) is 0 Å². The molecule has 2 N–H and O–H groups in total. The van der Waals surface area contributed by atoms with E-state index in [4.69, 9.17) is 15.0 Å². The van der Waals surface area contributed by atoms with Gasteiger partial charge in [-0.1, -0.05) is 11.6 Å². The maximum Gasteiger partial charge on any atom is 0.229 e. The average molecular weight is 251 g/mol. The molecule has 3 rings (SSSR count). The molecule has 1 aromatic heterocycles. The van der Waals surface area contributed by atoms with E-state index in [9.17, 15) is 0 Å². The van der Waals surface area contributed by atoms with Gasteiger partial charge in [-0.15, -0.1) is 0 Å². The van der Waals surface area contributed by atoms with Gasteiger partial charge in [0.05, 0.1) is 6.10 Å². The second-order valence-electron chi connectivity index (χ2n) is 5.51. The molecule has 18 heavy (non-hydrogen) atoms. The summed E-state index contributed by atoms with van der Waals surface area (Å²) in [6.45, 7) is 0.868. The van der Waals surface area contributed by atoms with Crippen molar-refractivity contribution in [3.63, 3.8) is 0 Å². The molecule has 0 amide bonds. The molecule has 0 bridgehead atoms. The minimum absolute atomic E-state index is 0.282. The van der Waals surface area contributed by atoms with Crippen LogP contribution in [0.2, 0.25) is 0 Å². The second kappa shape index (κ2) is 5.36. The highest BCUT2D eigenvalue weighted by Gasteiger charge is 2.26. The van der Waals surface area contributed by atoms with Crippen molar-refractivity contribution in [2.45, 2.75) is 63.0 Å². The minimum atomic E-state index is 0.282. The Bertz CT molecular complexity index is 387. The van der Waals surface area contributed by atoms with Crippen LogP contribution >= 0.6 is 0 Å². The highest BCUT2D eigenvalue weighted by atomic mass is 16.5. The summed E-state index contributed by atoms with van der Waals surface area (Å²) in [6.07, 6.45) is 7.69. The first-order valence-corrected chi connectivity index (χ1v) is 7.01. The molecule has 3 unspecified atom stereocenters. The molecule has 2 heterocycles. The van der Waals surface area contributed by atoms with Gasteiger partial charge in [-0.05, 0) is 32.1 Å². The number of hydrogen-bond acceptors (Lipinski definition) is 5. The minimum Gasteiger partial charge on any atom is -0.378 e.